The molecule has 1 saturated carbocycles. The van der Waals surface area contributed by atoms with Gasteiger partial charge in [0.2, 0.25) is 10.0 Å². The topological polar surface area (TPSA) is 121 Å². The Kier molecular flexibility index (Phi) is 10.1. The molecule has 0 aliphatic heterocycles. The van der Waals surface area contributed by atoms with Crippen molar-refractivity contribution in [3.63, 3.8) is 0 Å². The van der Waals surface area contributed by atoms with Gasteiger partial charge in [-0.15, -0.1) is 0 Å². The van der Waals surface area contributed by atoms with Gasteiger partial charge in [0.1, 0.15) is 4.90 Å². The van der Waals surface area contributed by atoms with Crippen molar-refractivity contribution in [2.24, 2.45) is 5.92 Å². The Morgan fingerprint density at radius 1 is 1.18 bits per heavy atom. The van der Waals surface area contributed by atoms with Crippen LogP contribution < -0.4 is 10.8 Å². The Hall–Kier alpha value is -2.72. The third kappa shape index (κ3) is 7.32. The molecule has 0 bridgehead atoms. The number of benzene rings is 2. The minimum absolute atomic E-state index is 0.0580. The summed E-state index contributed by atoms with van der Waals surface area (Å²) >= 11 is 2.11. The van der Waals surface area contributed by atoms with Gasteiger partial charge >= 0.3 is 0 Å². The zero-order valence-corrected chi connectivity index (χ0v) is 24.6. The molecule has 1 heterocycles. The standard InChI is InChI=1S/C27H29F2IN4O5S/c1-17-13-20(30)5-6-22(17)32-26-21(27(36)33-39-16-19-3-4-19)14-23(24(28)25(26)29)40(37,38)34(11-2-12-35)15-18-7-9-31-10-8-18/h5-10,13-14,19,32,35H,2-4,11-12,15-16H2,1H3,(H,33,36). The first kappa shape index (κ1) is 30.2. The van der Waals surface area contributed by atoms with Crippen molar-refractivity contribution in [3.05, 3.63) is 80.7 Å². The summed E-state index contributed by atoms with van der Waals surface area (Å²) in [4.78, 5) is 21.3. The highest BCUT2D eigenvalue weighted by Crippen LogP contribution is 2.34. The molecule has 0 unspecified atom stereocenters. The van der Waals surface area contributed by atoms with Gasteiger partial charge in [0.05, 0.1) is 17.9 Å². The number of sulfonamides is 1. The summed E-state index contributed by atoms with van der Waals surface area (Å²) in [5.41, 5.74) is 2.92. The Balaban J connectivity index is 1.77. The highest BCUT2D eigenvalue weighted by molar-refractivity contribution is 14.1. The predicted octanol–water partition coefficient (Wildman–Crippen LogP) is 4.66. The highest BCUT2D eigenvalue weighted by Gasteiger charge is 2.33. The first-order valence-electron chi connectivity index (χ1n) is 12.6. The summed E-state index contributed by atoms with van der Waals surface area (Å²) in [6.45, 7) is 1.34. The summed E-state index contributed by atoms with van der Waals surface area (Å²) < 4.78 is 60.6. The minimum Gasteiger partial charge on any atom is -0.396 e. The molecule has 2 aromatic carbocycles. The quantitative estimate of drug-likeness (QED) is 0.177. The van der Waals surface area contributed by atoms with Gasteiger partial charge in [-0.3, -0.25) is 14.6 Å². The molecule has 13 heteroatoms. The molecule has 9 nitrogen and oxygen atoms in total. The van der Waals surface area contributed by atoms with Gasteiger partial charge in [0, 0.05) is 41.3 Å². The van der Waals surface area contributed by atoms with Crippen LogP contribution in [0.4, 0.5) is 20.2 Å². The summed E-state index contributed by atoms with van der Waals surface area (Å²) in [6.07, 6.45) is 4.93. The van der Waals surface area contributed by atoms with Crippen molar-refractivity contribution >= 4 is 49.9 Å². The Labute approximate surface area is 245 Å². The number of nitrogens with zero attached hydrogens (tertiary/aromatic N) is 2. The maximum absolute atomic E-state index is 15.7. The van der Waals surface area contributed by atoms with Crippen LogP contribution in [0.1, 0.15) is 40.7 Å². The van der Waals surface area contributed by atoms with E-state index in [0.717, 1.165) is 26.8 Å². The molecular weight excluding hydrogens is 657 g/mol. The average Bonchev–Trinajstić information content (AvgIpc) is 3.75. The van der Waals surface area contributed by atoms with Gasteiger partial charge in [0.15, 0.2) is 11.6 Å². The maximum atomic E-state index is 15.7. The molecule has 40 heavy (non-hydrogen) atoms. The van der Waals surface area contributed by atoms with Crippen molar-refractivity contribution in [2.75, 3.05) is 25.1 Å². The first-order chi connectivity index (χ1) is 19.1. The molecule has 0 radical (unpaired) electrons. The number of halogens is 3. The number of hydrogen-bond acceptors (Lipinski definition) is 7. The molecular formula is C27H29F2IN4O5S. The Bertz CT molecular complexity index is 1470. The van der Waals surface area contributed by atoms with Crippen LogP contribution in [-0.2, 0) is 21.4 Å². The fraction of sp³-hybridized carbons (Fsp3) is 0.333. The minimum atomic E-state index is -4.67. The number of carbonyl (C=O) groups excluding carboxylic acids is 1. The van der Waals surface area contributed by atoms with Gasteiger partial charge in [-0.2, -0.15) is 4.31 Å². The van der Waals surface area contributed by atoms with Crippen LogP contribution in [0.15, 0.2) is 53.7 Å². The zero-order valence-electron chi connectivity index (χ0n) is 21.7. The van der Waals surface area contributed by atoms with Crippen LogP contribution in [-0.4, -0.2) is 48.5 Å². The summed E-state index contributed by atoms with van der Waals surface area (Å²) in [5.74, 6) is -3.79. The molecule has 1 amide bonds. The van der Waals surface area contributed by atoms with E-state index in [1.54, 1.807) is 31.2 Å². The molecule has 1 aliphatic rings. The molecule has 1 aliphatic carbocycles. The van der Waals surface area contributed by atoms with Crippen LogP contribution in [0.2, 0.25) is 0 Å². The smallest absolute Gasteiger partial charge is 0.277 e. The van der Waals surface area contributed by atoms with Gasteiger partial charge in [-0.25, -0.2) is 22.7 Å². The van der Waals surface area contributed by atoms with Crippen molar-refractivity contribution in [3.8, 4) is 0 Å². The SMILES string of the molecule is Cc1cc(I)ccc1Nc1c(C(=O)NOCC2CC2)cc(S(=O)(=O)N(CCCO)Cc2ccncc2)c(F)c1F. The van der Waals surface area contributed by atoms with E-state index in [1.165, 1.54) is 12.4 Å². The normalized spacial score (nSPS) is 13.4. The molecule has 1 aromatic heterocycles. The number of aryl methyl sites for hydroxylation is 1. The average molecular weight is 687 g/mol. The number of aliphatic hydroxyl groups excluding tert-OH is 1. The lowest BCUT2D eigenvalue weighted by atomic mass is 10.1. The molecule has 0 atom stereocenters. The largest absolute Gasteiger partial charge is 0.396 e. The van der Waals surface area contributed by atoms with Crippen molar-refractivity contribution < 1.29 is 31.9 Å². The second kappa shape index (κ2) is 13.3. The van der Waals surface area contributed by atoms with Crippen LogP contribution in [0.25, 0.3) is 0 Å². The third-order valence-corrected chi connectivity index (χ3v) is 8.85. The summed E-state index contributed by atoms with van der Waals surface area (Å²) in [7, 11) is -4.67. The molecule has 4 rings (SSSR count). The fourth-order valence-electron chi connectivity index (χ4n) is 3.92. The van der Waals surface area contributed by atoms with Gasteiger partial charge < -0.3 is 10.4 Å². The predicted molar refractivity (Wildman–Crippen MR) is 153 cm³/mol. The van der Waals surface area contributed by atoms with E-state index in [2.05, 4.69) is 38.4 Å². The maximum Gasteiger partial charge on any atom is 0.277 e. The van der Waals surface area contributed by atoms with Gasteiger partial charge in [0.25, 0.3) is 5.91 Å². The lowest BCUT2D eigenvalue weighted by Crippen LogP contribution is -2.33. The number of rotatable bonds is 13. The number of hydroxylamine groups is 1. The first-order valence-corrected chi connectivity index (χ1v) is 15.1. The molecule has 3 N–H and O–H groups in total. The Morgan fingerprint density at radius 2 is 1.90 bits per heavy atom. The van der Waals surface area contributed by atoms with Gasteiger partial charge in [-0.1, -0.05) is 0 Å². The van der Waals surface area contributed by atoms with E-state index < -0.39 is 43.7 Å². The van der Waals surface area contributed by atoms with Gasteiger partial charge in [-0.05, 0) is 102 Å². The van der Waals surface area contributed by atoms with E-state index >= 15 is 8.78 Å². The van der Waals surface area contributed by atoms with Crippen LogP contribution in [0, 0.1) is 28.0 Å². The van der Waals surface area contributed by atoms with Crippen molar-refractivity contribution in [2.45, 2.75) is 37.6 Å². The number of amides is 1. The van der Waals surface area contributed by atoms with E-state index in [1.807, 2.05) is 6.07 Å². The van der Waals surface area contributed by atoms with Crippen LogP contribution >= 0.6 is 22.6 Å². The Morgan fingerprint density at radius 3 is 2.55 bits per heavy atom. The molecule has 3 aromatic rings. The monoisotopic (exact) mass is 686 g/mol. The number of aromatic nitrogens is 1. The van der Waals surface area contributed by atoms with E-state index in [-0.39, 0.29) is 32.7 Å². The number of hydrogen-bond donors (Lipinski definition) is 3. The van der Waals surface area contributed by atoms with Crippen LogP contribution in [0.5, 0.6) is 0 Å². The molecule has 0 saturated heterocycles. The lowest BCUT2D eigenvalue weighted by Gasteiger charge is -2.24. The lowest BCUT2D eigenvalue weighted by molar-refractivity contribution is 0.0270. The summed E-state index contributed by atoms with van der Waals surface area (Å²) in [6, 6.07) is 9.20. The van der Waals surface area contributed by atoms with E-state index in [4.69, 9.17) is 4.84 Å². The van der Waals surface area contributed by atoms with E-state index in [9.17, 15) is 18.3 Å². The van der Waals surface area contributed by atoms with E-state index in [0.29, 0.717) is 22.7 Å². The highest BCUT2D eigenvalue weighted by atomic mass is 127. The van der Waals surface area contributed by atoms with Crippen molar-refractivity contribution in [1.29, 1.82) is 0 Å². The number of pyridine rings is 1. The van der Waals surface area contributed by atoms with Crippen LogP contribution in [0.3, 0.4) is 0 Å². The fourth-order valence-corrected chi connectivity index (χ4v) is 6.12. The number of nitrogens with one attached hydrogen (secondary N) is 2. The molecule has 214 valence electrons. The second-order valence-electron chi connectivity index (χ2n) is 9.47. The molecule has 1 fully saturated rings. The number of anilines is 2. The molecule has 0 spiro atoms. The second-order valence-corrected chi connectivity index (χ2v) is 12.6. The van der Waals surface area contributed by atoms with Crippen molar-refractivity contribution in [1.82, 2.24) is 14.8 Å². The third-order valence-electron chi connectivity index (χ3n) is 6.34. The zero-order chi connectivity index (χ0) is 28.9. The summed E-state index contributed by atoms with van der Waals surface area (Å²) in [5, 5.41) is 12.1. The number of carbonyl (C=O) groups is 1. The number of aliphatic hydroxyl groups is 1.